The highest BCUT2D eigenvalue weighted by atomic mass is 14.8. The highest BCUT2D eigenvalue weighted by Gasteiger charge is 2.62. The fourth-order valence-corrected chi connectivity index (χ4v) is 7.20. The van der Waals surface area contributed by atoms with E-state index in [9.17, 15) is 0 Å². The fourth-order valence-electron chi connectivity index (χ4n) is 7.20. The van der Waals surface area contributed by atoms with Crippen LogP contribution in [0.1, 0.15) is 79.1 Å². The first-order chi connectivity index (χ1) is 8.84. The molecule has 0 aliphatic heterocycles. The van der Waals surface area contributed by atoms with Gasteiger partial charge in [-0.15, -0.1) is 0 Å². The fraction of sp³-hybridized carbons (Fsp3) is 1.00. The molecule has 4 fully saturated rings. The molecular formula is C18H33N. The Hall–Kier alpha value is -0.0400. The van der Waals surface area contributed by atoms with Crippen molar-refractivity contribution < 1.29 is 0 Å². The van der Waals surface area contributed by atoms with Gasteiger partial charge in [-0.2, -0.15) is 0 Å². The van der Waals surface area contributed by atoms with E-state index in [4.69, 9.17) is 5.73 Å². The second kappa shape index (κ2) is 4.23. The van der Waals surface area contributed by atoms with Crippen LogP contribution in [0.2, 0.25) is 0 Å². The maximum absolute atomic E-state index is 6.86. The molecule has 4 aliphatic carbocycles. The minimum atomic E-state index is 0.449. The van der Waals surface area contributed by atoms with Gasteiger partial charge in [-0.25, -0.2) is 0 Å². The zero-order valence-electron chi connectivity index (χ0n) is 13.5. The van der Waals surface area contributed by atoms with Crippen molar-refractivity contribution in [3.8, 4) is 0 Å². The summed E-state index contributed by atoms with van der Waals surface area (Å²) in [5, 5.41) is 0. The van der Waals surface area contributed by atoms with Gasteiger partial charge in [-0.1, -0.05) is 40.5 Å². The average Bonchev–Trinajstić information content (AvgIpc) is 2.25. The molecule has 1 heteroatoms. The topological polar surface area (TPSA) is 26.0 Å². The lowest BCUT2D eigenvalue weighted by Crippen LogP contribution is -2.62. The molecule has 0 spiro atoms. The van der Waals surface area contributed by atoms with Crippen molar-refractivity contribution in [3.63, 3.8) is 0 Å². The summed E-state index contributed by atoms with van der Waals surface area (Å²) in [5.74, 6) is 1.72. The molecule has 4 saturated carbocycles. The van der Waals surface area contributed by atoms with Crippen molar-refractivity contribution >= 4 is 0 Å². The highest BCUT2D eigenvalue weighted by molar-refractivity contribution is 5.13. The molecule has 0 aromatic carbocycles. The third-order valence-electron chi connectivity index (χ3n) is 6.93. The molecule has 0 aromatic rings. The Morgan fingerprint density at radius 2 is 1.47 bits per heavy atom. The quantitative estimate of drug-likeness (QED) is 0.778. The maximum atomic E-state index is 6.86. The molecule has 4 rings (SSSR count). The summed E-state index contributed by atoms with van der Waals surface area (Å²) >= 11 is 0. The Morgan fingerprint density at radius 1 is 0.947 bits per heavy atom. The van der Waals surface area contributed by atoms with Gasteiger partial charge in [0.25, 0.3) is 0 Å². The van der Waals surface area contributed by atoms with Gasteiger partial charge in [0.05, 0.1) is 0 Å². The first-order valence-electron chi connectivity index (χ1n) is 8.59. The van der Waals surface area contributed by atoms with Gasteiger partial charge < -0.3 is 5.73 Å². The zero-order chi connectivity index (χ0) is 13.9. The van der Waals surface area contributed by atoms with Crippen LogP contribution >= 0.6 is 0 Å². The van der Waals surface area contributed by atoms with Crippen LogP contribution < -0.4 is 5.73 Å². The van der Waals surface area contributed by atoms with Crippen LogP contribution in [0.5, 0.6) is 0 Å². The first-order valence-corrected chi connectivity index (χ1v) is 8.59. The Balaban J connectivity index is 1.92. The van der Waals surface area contributed by atoms with Gasteiger partial charge in [0.15, 0.2) is 0 Å². The van der Waals surface area contributed by atoms with Crippen LogP contribution in [-0.2, 0) is 0 Å². The van der Waals surface area contributed by atoms with E-state index in [2.05, 4.69) is 27.7 Å². The molecule has 0 heterocycles. The summed E-state index contributed by atoms with van der Waals surface area (Å²) < 4.78 is 0. The summed E-state index contributed by atoms with van der Waals surface area (Å²) in [4.78, 5) is 0. The predicted molar refractivity (Wildman–Crippen MR) is 81.9 cm³/mol. The molecule has 4 aliphatic rings. The third kappa shape index (κ3) is 2.07. The minimum Gasteiger partial charge on any atom is -0.327 e. The van der Waals surface area contributed by atoms with E-state index in [-0.39, 0.29) is 0 Å². The van der Waals surface area contributed by atoms with Crippen LogP contribution in [0.25, 0.3) is 0 Å². The predicted octanol–water partition coefficient (Wildman–Crippen LogP) is 4.75. The van der Waals surface area contributed by atoms with Crippen molar-refractivity contribution in [1.82, 2.24) is 0 Å². The average molecular weight is 263 g/mol. The van der Waals surface area contributed by atoms with Crippen LogP contribution in [0.15, 0.2) is 0 Å². The number of hydrogen-bond acceptors (Lipinski definition) is 1. The normalized spacial score (nSPS) is 49.9. The van der Waals surface area contributed by atoms with E-state index in [1.807, 2.05) is 0 Å². The molecule has 1 nitrogen and oxygen atoms in total. The smallest absolute Gasteiger partial charge is 0.0124 e. The highest BCUT2D eigenvalue weighted by Crippen LogP contribution is 2.70. The molecule has 2 N–H and O–H groups in total. The van der Waals surface area contributed by atoms with Crippen molar-refractivity contribution in [1.29, 1.82) is 0 Å². The lowest BCUT2D eigenvalue weighted by Gasteiger charge is -2.67. The van der Waals surface area contributed by atoms with Gasteiger partial charge in [0.2, 0.25) is 0 Å². The molecule has 110 valence electrons. The molecule has 3 unspecified atom stereocenters. The zero-order valence-corrected chi connectivity index (χ0v) is 13.5. The SMILES string of the molecule is CCC(CC)C(N)C12CC3CC(C)(CC(C)(C3)C1)C2. The van der Waals surface area contributed by atoms with Crippen LogP contribution in [0.3, 0.4) is 0 Å². The number of rotatable bonds is 4. The third-order valence-corrected chi connectivity index (χ3v) is 6.93. The summed E-state index contributed by atoms with van der Waals surface area (Å²) in [6.07, 6.45) is 11.2. The molecule has 0 amide bonds. The Morgan fingerprint density at radius 3 is 1.89 bits per heavy atom. The second-order valence-corrected chi connectivity index (χ2v) is 9.09. The van der Waals surface area contributed by atoms with Crippen molar-refractivity contribution in [3.05, 3.63) is 0 Å². The number of nitrogens with two attached hydrogens (primary N) is 1. The second-order valence-electron chi connectivity index (χ2n) is 9.09. The summed E-state index contributed by atoms with van der Waals surface area (Å²) in [6, 6.07) is 0.449. The van der Waals surface area contributed by atoms with Gasteiger partial charge in [-0.05, 0) is 66.6 Å². The Kier molecular flexibility index (Phi) is 3.10. The molecule has 0 radical (unpaired) electrons. The molecule has 3 atom stereocenters. The monoisotopic (exact) mass is 263 g/mol. The van der Waals surface area contributed by atoms with Crippen molar-refractivity contribution in [2.24, 2.45) is 33.8 Å². The standard InChI is InChI=1S/C18H33N/c1-5-14(6-2)15(19)18-9-13-7-16(3,11-18)10-17(4,8-13)12-18/h13-15H,5-12,19H2,1-4H3. The summed E-state index contributed by atoms with van der Waals surface area (Å²) in [5.41, 5.74) is 8.56. The minimum absolute atomic E-state index is 0.449. The maximum Gasteiger partial charge on any atom is 0.0124 e. The summed E-state index contributed by atoms with van der Waals surface area (Å²) in [6.45, 7) is 9.78. The van der Waals surface area contributed by atoms with E-state index < -0.39 is 0 Å². The van der Waals surface area contributed by atoms with Crippen LogP contribution in [0.4, 0.5) is 0 Å². The molecule has 0 saturated heterocycles. The molecule has 19 heavy (non-hydrogen) atoms. The summed E-state index contributed by atoms with van der Waals surface area (Å²) in [7, 11) is 0. The van der Waals surface area contributed by atoms with Gasteiger partial charge in [0.1, 0.15) is 0 Å². The van der Waals surface area contributed by atoms with Gasteiger partial charge in [0, 0.05) is 6.04 Å². The van der Waals surface area contributed by atoms with Crippen molar-refractivity contribution in [2.75, 3.05) is 0 Å². The van der Waals surface area contributed by atoms with E-state index in [1.54, 1.807) is 0 Å². The van der Waals surface area contributed by atoms with Crippen LogP contribution in [0, 0.1) is 28.1 Å². The Bertz CT molecular complexity index is 339. The van der Waals surface area contributed by atoms with Gasteiger partial charge >= 0.3 is 0 Å². The number of hydrogen-bond donors (Lipinski definition) is 1. The van der Waals surface area contributed by atoms with E-state index in [0.29, 0.717) is 22.3 Å². The first kappa shape index (κ1) is 13.9. The lowest BCUT2D eigenvalue weighted by atomic mass is 9.38. The van der Waals surface area contributed by atoms with Gasteiger partial charge in [-0.3, -0.25) is 0 Å². The van der Waals surface area contributed by atoms with Crippen molar-refractivity contribution in [2.45, 2.75) is 85.1 Å². The van der Waals surface area contributed by atoms with E-state index in [0.717, 1.165) is 11.8 Å². The van der Waals surface area contributed by atoms with Crippen LogP contribution in [-0.4, -0.2) is 6.04 Å². The lowest BCUT2D eigenvalue weighted by molar-refractivity contribution is -0.159. The molecular weight excluding hydrogens is 230 g/mol. The van der Waals surface area contributed by atoms with E-state index in [1.165, 1.54) is 51.4 Å². The molecule has 4 bridgehead atoms. The largest absolute Gasteiger partial charge is 0.327 e. The molecule has 0 aromatic heterocycles. The van der Waals surface area contributed by atoms with E-state index >= 15 is 0 Å². The Labute approximate surface area is 119 Å².